The van der Waals surface area contributed by atoms with Crippen LogP contribution in [-0.2, 0) is 43.0 Å². The van der Waals surface area contributed by atoms with Crippen LogP contribution in [0.2, 0.25) is 0 Å². The number of unbranched alkanes of at least 4 members (excludes halogenated alkanes) is 1. The fraction of sp³-hybridized carbons (Fsp3) is 0.781. The van der Waals surface area contributed by atoms with Gasteiger partial charge >= 0.3 is 17.9 Å². The van der Waals surface area contributed by atoms with Gasteiger partial charge in [0.2, 0.25) is 23.6 Å². The van der Waals surface area contributed by atoms with Gasteiger partial charge in [-0.05, 0) is 19.3 Å². The largest absolute Gasteiger partial charge is 0.480 e. The minimum atomic E-state index is -1.04. The van der Waals surface area contributed by atoms with E-state index >= 15 is 0 Å². The Balaban J connectivity index is 2.57. The molecule has 1 atom stereocenters. The summed E-state index contributed by atoms with van der Waals surface area (Å²) in [4.78, 5) is 90.0. The van der Waals surface area contributed by atoms with Crippen LogP contribution in [0, 0.1) is 0 Å². The van der Waals surface area contributed by atoms with E-state index in [9.17, 15) is 48.9 Å². The molecule has 0 aromatic heterocycles. The monoisotopic (exact) mass is 746 g/mol. The second-order valence-corrected chi connectivity index (χ2v) is 12.2. The fourth-order valence-corrected chi connectivity index (χ4v) is 5.20. The van der Waals surface area contributed by atoms with Crippen molar-refractivity contribution in [3.05, 3.63) is 0 Å². The molecule has 4 amide bonds. The highest BCUT2D eigenvalue weighted by molar-refractivity contribution is 5.87. The number of carboxylic acids is 3. The van der Waals surface area contributed by atoms with E-state index in [4.69, 9.17) is 9.47 Å². The molecule has 0 bridgehead atoms. The SMILES string of the molecule is CCC(=O)NCCOCCOCC(=O)N[C@@H](CCCCNC(=O)CN1CCN(CC(=O)O)CCN(CC(=O)O)CCN(CC(=O)O)CC1)C(=O)NC. The molecule has 1 heterocycles. The van der Waals surface area contributed by atoms with E-state index in [1.54, 1.807) is 21.6 Å². The van der Waals surface area contributed by atoms with Gasteiger partial charge in [-0.25, -0.2) is 0 Å². The lowest BCUT2D eigenvalue weighted by Gasteiger charge is -2.32. The molecule has 1 saturated heterocycles. The number of amides is 4. The van der Waals surface area contributed by atoms with Crippen molar-refractivity contribution in [3.63, 3.8) is 0 Å². The summed E-state index contributed by atoms with van der Waals surface area (Å²) in [5.74, 6) is -4.29. The zero-order valence-corrected chi connectivity index (χ0v) is 30.4. The molecule has 20 heteroatoms. The Bertz CT molecular complexity index is 1100. The molecule has 1 aliphatic rings. The molecule has 7 N–H and O–H groups in total. The molecule has 0 radical (unpaired) electrons. The fourth-order valence-electron chi connectivity index (χ4n) is 5.20. The highest BCUT2D eigenvalue weighted by Gasteiger charge is 2.22. The van der Waals surface area contributed by atoms with Gasteiger partial charge in [-0.2, -0.15) is 0 Å². The molecule has 52 heavy (non-hydrogen) atoms. The minimum Gasteiger partial charge on any atom is -0.480 e. The topological polar surface area (TPSA) is 260 Å². The number of likely N-dealkylation sites (N-methyl/N-ethyl adjacent to an activating group) is 1. The number of hydrogen-bond acceptors (Lipinski definition) is 13. The number of nitrogens with one attached hydrogen (secondary N) is 4. The first-order valence-electron chi connectivity index (χ1n) is 17.6. The van der Waals surface area contributed by atoms with Crippen LogP contribution in [-0.4, -0.2) is 208 Å². The average molecular weight is 747 g/mol. The summed E-state index contributed by atoms with van der Waals surface area (Å²) in [6.45, 7) is 4.45. The average Bonchev–Trinajstić information content (AvgIpc) is 3.08. The lowest BCUT2D eigenvalue weighted by atomic mass is 10.1. The van der Waals surface area contributed by atoms with Crippen molar-refractivity contribution in [1.29, 1.82) is 0 Å². The maximum Gasteiger partial charge on any atom is 0.317 e. The maximum atomic E-state index is 12.9. The second-order valence-electron chi connectivity index (χ2n) is 12.2. The normalized spacial score (nSPS) is 16.1. The van der Waals surface area contributed by atoms with Crippen molar-refractivity contribution in [3.8, 4) is 0 Å². The van der Waals surface area contributed by atoms with E-state index < -0.39 is 29.9 Å². The first-order valence-corrected chi connectivity index (χ1v) is 17.6. The quantitative estimate of drug-likeness (QED) is 0.0474. The highest BCUT2D eigenvalue weighted by Crippen LogP contribution is 2.03. The Labute approximate surface area is 304 Å². The standard InChI is InChI=1S/C32H58N8O12/c1-3-26(41)35-8-17-51-18-19-52-24-28(43)36-25(32(50)33-2)6-4-5-7-34-27(42)20-37-9-11-38(21-29(44)45)13-15-40(23-31(48)49)16-14-39(12-10-37)22-30(46)47/h25H,3-24H2,1-2H3,(H,33,50)(H,34,42)(H,35,41)(H,36,43)(H,44,45)(H,46,47)(H,48,49)/t25-/m0/s1. The number of hydrogen-bond donors (Lipinski definition) is 7. The Morgan fingerprint density at radius 2 is 1.06 bits per heavy atom. The number of carboxylic acid groups (broad SMARTS) is 3. The lowest BCUT2D eigenvalue weighted by molar-refractivity contribution is -0.140. The van der Waals surface area contributed by atoms with Crippen molar-refractivity contribution >= 4 is 41.5 Å². The summed E-state index contributed by atoms with van der Waals surface area (Å²) >= 11 is 0. The maximum absolute atomic E-state index is 12.9. The summed E-state index contributed by atoms with van der Waals surface area (Å²) < 4.78 is 10.6. The van der Waals surface area contributed by atoms with Gasteiger partial charge in [-0.15, -0.1) is 0 Å². The first kappa shape index (κ1) is 46.1. The van der Waals surface area contributed by atoms with E-state index in [0.717, 1.165) is 0 Å². The summed E-state index contributed by atoms with van der Waals surface area (Å²) in [5.41, 5.74) is 0. The molecule has 1 aliphatic heterocycles. The number of carbonyl (C=O) groups excluding carboxylic acids is 4. The van der Waals surface area contributed by atoms with E-state index in [-0.39, 0.29) is 89.9 Å². The predicted octanol–water partition coefficient (Wildman–Crippen LogP) is -3.46. The number of nitrogens with zero attached hydrogens (tertiary/aromatic N) is 4. The highest BCUT2D eigenvalue weighted by atomic mass is 16.5. The Hall–Kier alpha value is -3.95. The van der Waals surface area contributed by atoms with Crippen LogP contribution in [0.3, 0.4) is 0 Å². The van der Waals surface area contributed by atoms with Crippen LogP contribution < -0.4 is 21.3 Å². The zero-order chi connectivity index (χ0) is 38.7. The summed E-state index contributed by atoms with van der Waals surface area (Å²) in [6, 6.07) is -0.795. The van der Waals surface area contributed by atoms with Crippen molar-refractivity contribution < 1.29 is 58.4 Å². The molecule has 0 aliphatic carbocycles. The van der Waals surface area contributed by atoms with E-state index in [2.05, 4.69) is 21.3 Å². The minimum absolute atomic E-state index is 0.00958. The van der Waals surface area contributed by atoms with E-state index in [0.29, 0.717) is 71.6 Å². The third-order valence-electron chi connectivity index (χ3n) is 8.01. The number of ether oxygens (including phenoxy) is 2. The van der Waals surface area contributed by atoms with Crippen LogP contribution >= 0.6 is 0 Å². The van der Waals surface area contributed by atoms with E-state index in [1.165, 1.54) is 7.05 Å². The molecule has 0 unspecified atom stereocenters. The summed E-state index contributed by atoms with van der Waals surface area (Å²) in [7, 11) is 1.46. The van der Waals surface area contributed by atoms with Crippen LogP contribution in [0.1, 0.15) is 32.6 Å². The van der Waals surface area contributed by atoms with Crippen LogP contribution in [0.25, 0.3) is 0 Å². The van der Waals surface area contributed by atoms with Gasteiger partial charge in [0.1, 0.15) is 12.6 Å². The van der Waals surface area contributed by atoms with Crippen LogP contribution in [0.15, 0.2) is 0 Å². The second kappa shape index (κ2) is 27.7. The Morgan fingerprint density at radius 1 is 0.596 bits per heavy atom. The molecular weight excluding hydrogens is 688 g/mol. The predicted molar refractivity (Wildman–Crippen MR) is 186 cm³/mol. The molecule has 20 nitrogen and oxygen atoms in total. The van der Waals surface area contributed by atoms with Crippen molar-refractivity contribution in [2.75, 3.05) is 125 Å². The third-order valence-corrected chi connectivity index (χ3v) is 8.01. The van der Waals surface area contributed by atoms with Crippen molar-refractivity contribution in [1.82, 2.24) is 40.9 Å². The van der Waals surface area contributed by atoms with Gasteiger partial charge < -0.3 is 46.1 Å². The molecule has 1 rings (SSSR count). The van der Waals surface area contributed by atoms with Gasteiger partial charge in [0.25, 0.3) is 0 Å². The van der Waals surface area contributed by atoms with Gasteiger partial charge in [0.15, 0.2) is 0 Å². The third kappa shape index (κ3) is 23.5. The van der Waals surface area contributed by atoms with Crippen molar-refractivity contribution in [2.24, 2.45) is 0 Å². The van der Waals surface area contributed by atoms with Crippen LogP contribution in [0.4, 0.5) is 0 Å². The molecule has 298 valence electrons. The summed E-state index contributed by atoms with van der Waals surface area (Å²) in [6.07, 6.45) is 1.75. The van der Waals surface area contributed by atoms with Gasteiger partial charge in [-0.3, -0.25) is 53.2 Å². The lowest BCUT2D eigenvalue weighted by Crippen LogP contribution is -2.49. The smallest absolute Gasteiger partial charge is 0.317 e. The van der Waals surface area contributed by atoms with Gasteiger partial charge in [-0.1, -0.05) is 6.92 Å². The number of carbonyl (C=O) groups is 7. The summed E-state index contributed by atoms with van der Waals surface area (Å²) in [5, 5.41) is 38.8. The Kier molecular flexibility index (Phi) is 24.5. The molecule has 1 fully saturated rings. The molecule has 0 spiro atoms. The molecule has 0 aromatic rings. The molecular formula is C32H58N8O12. The number of rotatable bonds is 24. The Morgan fingerprint density at radius 3 is 1.52 bits per heavy atom. The van der Waals surface area contributed by atoms with Gasteiger partial charge in [0.05, 0.1) is 46.0 Å². The van der Waals surface area contributed by atoms with Crippen molar-refractivity contribution in [2.45, 2.75) is 38.6 Å². The first-order chi connectivity index (χ1) is 24.8. The van der Waals surface area contributed by atoms with E-state index in [1.807, 2.05) is 4.90 Å². The zero-order valence-electron chi connectivity index (χ0n) is 30.4. The van der Waals surface area contributed by atoms with Gasteiger partial charge in [0, 0.05) is 78.9 Å². The molecule has 0 aromatic carbocycles. The number of aliphatic carboxylic acids is 3. The van der Waals surface area contributed by atoms with Crippen LogP contribution in [0.5, 0.6) is 0 Å². The molecule has 0 saturated carbocycles.